The molecule has 33 heavy (non-hydrogen) atoms. The molecule has 1 heterocycles. The second kappa shape index (κ2) is 8.49. The van der Waals surface area contributed by atoms with Gasteiger partial charge in [-0.25, -0.2) is 0 Å². The summed E-state index contributed by atoms with van der Waals surface area (Å²) in [4.78, 5) is 25.6. The molecule has 1 saturated heterocycles. The van der Waals surface area contributed by atoms with Crippen molar-refractivity contribution in [1.82, 2.24) is 5.01 Å². The topological polar surface area (TPSA) is 92.0 Å². The zero-order chi connectivity index (χ0) is 23.1. The van der Waals surface area contributed by atoms with Gasteiger partial charge in [-0.1, -0.05) is 30.4 Å². The van der Waals surface area contributed by atoms with Crippen LogP contribution in [0.15, 0.2) is 58.1 Å². The summed E-state index contributed by atoms with van der Waals surface area (Å²) >= 11 is 3.50. The monoisotopic (exact) mass is 505 g/mol. The third kappa shape index (κ3) is 3.62. The molecule has 7 nitrogen and oxygen atoms in total. The van der Waals surface area contributed by atoms with Crippen molar-refractivity contribution in [3.63, 3.8) is 0 Å². The molecule has 1 aliphatic heterocycles. The van der Waals surface area contributed by atoms with Crippen molar-refractivity contribution in [1.29, 1.82) is 5.26 Å². The predicted octanol–water partition coefficient (Wildman–Crippen LogP) is 4.05. The molecule has 2 aromatic rings. The third-order valence-corrected chi connectivity index (χ3v) is 7.12. The number of benzene rings is 2. The number of methoxy groups -OCH3 is 1. The Hall–Kier alpha value is -3.44. The summed E-state index contributed by atoms with van der Waals surface area (Å²) in [6, 6.07) is 12.9. The van der Waals surface area contributed by atoms with Gasteiger partial charge < -0.3 is 9.47 Å². The number of hydrazone groups is 1. The maximum atomic E-state index is 12.8. The van der Waals surface area contributed by atoms with Crippen molar-refractivity contribution < 1.29 is 19.1 Å². The zero-order valence-electron chi connectivity index (χ0n) is 17.8. The Bertz CT molecular complexity index is 1220. The van der Waals surface area contributed by atoms with Gasteiger partial charge in [-0.05, 0) is 57.9 Å². The lowest BCUT2D eigenvalue weighted by atomic mass is 9.85. The third-order valence-electron chi connectivity index (χ3n) is 6.53. The van der Waals surface area contributed by atoms with Crippen molar-refractivity contribution in [2.24, 2.45) is 28.8 Å². The molecular weight excluding hydrogens is 486 g/mol. The molecule has 2 bridgehead atoms. The van der Waals surface area contributed by atoms with Gasteiger partial charge in [-0.3, -0.25) is 9.59 Å². The first-order chi connectivity index (χ1) is 16.0. The fraction of sp³-hybridized carbons (Fsp3) is 0.280. The van der Waals surface area contributed by atoms with E-state index in [1.54, 1.807) is 24.3 Å². The Morgan fingerprint density at radius 1 is 1.18 bits per heavy atom. The molecule has 4 atom stereocenters. The quantitative estimate of drug-likeness (QED) is 0.335. The van der Waals surface area contributed by atoms with E-state index in [2.05, 4.69) is 39.3 Å². The van der Waals surface area contributed by atoms with Crippen LogP contribution in [-0.2, 0) is 16.2 Å². The molecule has 2 fully saturated rings. The van der Waals surface area contributed by atoms with Crippen LogP contribution in [0.3, 0.4) is 0 Å². The number of imide groups is 1. The highest BCUT2D eigenvalue weighted by atomic mass is 79.9. The number of amides is 2. The van der Waals surface area contributed by atoms with Gasteiger partial charge in [-0.15, -0.1) is 0 Å². The van der Waals surface area contributed by atoms with E-state index in [0.29, 0.717) is 27.1 Å². The number of carbonyl (C=O) groups is 2. The van der Waals surface area contributed by atoms with E-state index in [1.165, 1.54) is 13.3 Å². The highest BCUT2D eigenvalue weighted by Gasteiger charge is 2.59. The lowest BCUT2D eigenvalue weighted by Gasteiger charge is -2.14. The normalized spacial score (nSPS) is 25.1. The number of fused-ring (bicyclic) bond motifs is 5. The summed E-state index contributed by atoms with van der Waals surface area (Å²) in [7, 11) is 1.52. The first kappa shape index (κ1) is 21.4. The van der Waals surface area contributed by atoms with Crippen LogP contribution in [0.2, 0.25) is 0 Å². The summed E-state index contributed by atoms with van der Waals surface area (Å²) in [6.07, 6.45) is 6.48. The number of nitrogens with zero attached hydrogens (tertiary/aromatic N) is 3. The van der Waals surface area contributed by atoms with E-state index in [1.807, 2.05) is 12.1 Å². The van der Waals surface area contributed by atoms with E-state index in [0.717, 1.165) is 17.0 Å². The Morgan fingerprint density at radius 3 is 2.55 bits per heavy atom. The van der Waals surface area contributed by atoms with Crippen molar-refractivity contribution in [2.45, 2.75) is 13.0 Å². The van der Waals surface area contributed by atoms with Crippen molar-refractivity contribution in [3.8, 4) is 17.6 Å². The Morgan fingerprint density at radius 2 is 1.88 bits per heavy atom. The number of ether oxygens (including phenoxy) is 2. The Balaban J connectivity index is 1.34. The maximum absolute atomic E-state index is 12.8. The molecule has 2 aromatic carbocycles. The van der Waals surface area contributed by atoms with Gasteiger partial charge in [-0.2, -0.15) is 15.4 Å². The maximum Gasteiger partial charge on any atom is 0.254 e. The van der Waals surface area contributed by atoms with E-state index in [4.69, 9.17) is 9.47 Å². The minimum atomic E-state index is -0.280. The average molecular weight is 506 g/mol. The second-order valence-corrected chi connectivity index (χ2v) is 9.18. The molecule has 2 amide bonds. The summed E-state index contributed by atoms with van der Waals surface area (Å²) in [5.74, 6) is 0.227. The number of carbonyl (C=O) groups excluding carboxylic acids is 2. The second-order valence-electron chi connectivity index (χ2n) is 8.32. The molecular formula is C25H20BrN3O4. The van der Waals surface area contributed by atoms with Crippen molar-refractivity contribution in [2.75, 3.05) is 7.11 Å². The van der Waals surface area contributed by atoms with E-state index in [-0.39, 0.29) is 42.1 Å². The molecule has 166 valence electrons. The predicted molar refractivity (Wildman–Crippen MR) is 123 cm³/mol. The van der Waals surface area contributed by atoms with Gasteiger partial charge in [0.15, 0.2) is 11.5 Å². The number of hydrogen-bond acceptors (Lipinski definition) is 6. The number of nitriles is 1. The van der Waals surface area contributed by atoms with Gasteiger partial charge in [0, 0.05) is 5.56 Å². The smallest absolute Gasteiger partial charge is 0.254 e. The van der Waals surface area contributed by atoms with E-state index >= 15 is 0 Å². The van der Waals surface area contributed by atoms with Gasteiger partial charge in [0.05, 0.1) is 41.3 Å². The Labute approximate surface area is 199 Å². The minimum Gasteiger partial charge on any atom is -0.493 e. The highest BCUT2D eigenvalue weighted by Crippen LogP contribution is 2.52. The van der Waals surface area contributed by atoms with Crippen LogP contribution >= 0.6 is 15.9 Å². The molecule has 0 N–H and O–H groups in total. The van der Waals surface area contributed by atoms with Gasteiger partial charge in [0.1, 0.15) is 6.61 Å². The van der Waals surface area contributed by atoms with Crippen LogP contribution in [-0.4, -0.2) is 30.1 Å². The molecule has 5 rings (SSSR count). The SMILES string of the molecule is COc1cc(C=NN2C(=O)[C@@H]3[C@H](C2=O)[C@H]2C=C[C@H]3C2)cc(Br)c1OCc1ccccc1C#N. The summed E-state index contributed by atoms with van der Waals surface area (Å²) in [6.45, 7) is 0.196. The number of halogens is 1. The molecule has 2 aliphatic carbocycles. The van der Waals surface area contributed by atoms with Crippen LogP contribution in [0, 0.1) is 35.0 Å². The molecule has 0 aromatic heterocycles. The summed E-state index contributed by atoms with van der Waals surface area (Å²) in [5, 5.41) is 14.5. The van der Waals surface area contributed by atoms with Crippen LogP contribution in [0.1, 0.15) is 23.1 Å². The first-order valence-electron chi connectivity index (χ1n) is 10.6. The Kier molecular flexibility index (Phi) is 5.51. The van der Waals surface area contributed by atoms with Gasteiger partial charge in [0.2, 0.25) is 0 Å². The van der Waals surface area contributed by atoms with Crippen LogP contribution in [0.4, 0.5) is 0 Å². The van der Waals surface area contributed by atoms with Crippen LogP contribution in [0.25, 0.3) is 0 Å². The van der Waals surface area contributed by atoms with Crippen molar-refractivity contribution >= 4 is 34.0 Å². The first-order valence-corrected chi connectivity index (χ1v) is 11.4. The average Bonchev–Trinajstić information content (AvgIpc) is 3.51. The zero-order valence-corrected chi connectivity index (χ0v) is 19.4. The molecule has 0 spiro atoms. The molecule has 8 heteroatoms. The van der Waals surface area contributed by atoms with Gasteiger partial charge >= 0.3 is 0 Å². The largest absolute Gasteiger partial charge is 0.493 e. The summed E-state index contributed by atoms with van der Waals surface area (Å²) < 4.78 is 12.0. The summed E-state index contributed by atoms with van der Waals surface area (Å²) in [5.41, 5.74) is 1.95. The lowest BCUT2D eigenvalue weighted by Crippen LogP contribution is -2.28. The fourth-order valence-electron chi connectivity index (χ4n) is 4.98. The highest BCUT2D eigenvalue weighted by molar-refractivity contribution is 9.10. The van der Waals surface area contributed by atoms with Gasteiger partial charge in [0.25, 0.3) is 11.8 Å². The standard InChI is InChI=1S/C25H20BrN3O4/c1-32-20-9-14(8-19(26)23(20)33-13-18-5-3-2-4-17(18)11-27)12-28-29-24(30)21-15-6-7-16(10-15)22(21)25(29)31/h2-9,12,15-16,21-22H,10,13H2,1H3/t15-,16-,21-,22+/m0/s1. The molecule has 3 aliphatic rings. The van der Waals surface area contributed by atoms with Crippen molar-refractivity contribution in [3.05, 3.63) is 69.7 Å². The van der Waals surface area contributed by atoms with E-state index in [9.17, 15) is 14.9 Å². The molecule has 0 unspecified atom stereocenters. The molecule has 0 radical (unpaired) electrons. The minimum absolute atomic E-state index is 0.147. The lowest BCUT2D eigenvalue weighted by molar-refractivity contribution is -0.140. The number of allylic oxidation sites excluding steroid dienone is 2. The molecule has 1 saturated carbocycles. The number of rotatable bonds is 6. The number of hydrogen-bond donors (Lipinski definition) is 0. The fourth-order valence-corrected chi connectivity index (χ4v) is 5.56. The van der Waals surface area contributed by atoms with E-state index < -0.39 is 0 Å². The van der Waals surface area contributed by atoms with Crippen LogP contribution in [0.5, 0.6) is 11.5 Å². The van der Waals surface area contributed by atoms with Crippen LogP contribution < -0.4 is 9.47 Å².